The van der Waals surface area contributed by atoms with Gasteiger partial charge in [0.05, 0.1) is 12.8 Å². The Hall–Kier alpha value is -4.25. The van der Waals surface area contributed by atoms with Crippen molar-refractivity contribution in [1.82, 2.24) is 0 Å². The highest BCUT2D eigenvalue weighted by molar-refractivity contribution is 5.99. The molecule has 5 heteroatoms. The molecule has 0 aromatic heterocycles. The number of fused-ring (bicyclic) bond motifs is 1. The topological polar surface area (TPSA) is 37.3 Å². The predicted molar refractivity (Wildman–Crippen MR) is 163 cm³/mol. The van der Waals surface area contributed by atoms with Gasteiger partial charge in [0, 0.05) is 49.7 Å². The van der Waals surface area contributed by atoms with Crippen molar-refractivity contribution in [2.75, 3.05) is 44.1 Å². The van der Waals surface area contributed by atoms with Gasteiger partial charge in [-0.2, -0.15) is 0 Å². The standard InChI is InChI=1S/C34H37N3O2/c1-7-37(8-2)27-18-14-24(15-19-27)31-23(3)30(36(4)5)22-29-32(31)33(25-16-20-28(38-6)21-17-25)39-34(35-29)26-12-10-9-11-13-26/h9-22,33H,7-8H2,1-6H3. The van der Waals surface area contributed by atoms with Crippen LogP contribution in [0.5, 0.6) is 5.75 Å². The second-order valence-corrected chi connectivity index (χ2v) is 10.00. The van der Waals surface area contributed by atoms with E-state index in [2.05, 4.69) is 87.1 Å². The highest BCUT2D eigenvalue weighted by Gasteiger charge is 2.32. The van der Waals surface area contributed by atoms with Crippen LogP contribution < -0.4 is 14.5 Å². The molecule has 1 heterocycles. The largest absolute Gasteiger partial charge is 0.497 e. The monoisotopic (exact) mass is 519 g/mol. The zero-order valence-corrected chi connectivity index (χ0v) is 23.7. The molecule has 0 radical (unpaired) electrons. The fraction of sp³-hybridized carbons (Fsp3) is 0.265. The molecule has 0 saturated heterocycles. The molecular formula is C34H37N3O2. The van der Waals surface area contributed by atoms with E-state index in [1.807, 2.05) is 42.5 Å². The lowest BCUT2D eigenvalue weighted by molar-refractivity contribution is 0.230. The molecule has 0 saturated carbocycles. The zero-order valence-electron chi connectivity index (χ0n) is 23.7. The minimum Gasteiger partial charge on any atom is -0.497 e. The summed E-state index contributed by atoms with van der Waals surface area (Å²) in [6.45, 7) is 8.54. The molecule has 1 atom stereocenters. The van der Waals surface area contributed by atoms with Gasteiger partial charge in [-0.1, -0.05) is 42.5 Å². The second-order valence-electron chi connectivity index (χ2n) is 10.00. The highest BCUT2D eigenvalue weighted by atomic mass is 16.5. The summed E-state index contributed by atoms with van der Waals surface area (Å²) in [5.74, 6) is 1.44. The van der Waals surface area contributed by atoms with E-state index in [1.165, 1.54) is 16.8 Å². The SMILES string of the molecule is CCN(CC)c1ccc(-c2c(C)c(N(C)C)cc3c2C(c2ccc(OC)cc2)OC(c2ccccc2)=N3)cc1. The molecule has 4 aromatic rings. The minimum absolute atomic E-state index is 0.328. The summed E-state index contributed by atoms with van der Waals surface area (Å²) in [7, 11) is 5.86. The van der Waals surface area contributed by atoms with Crippen LogP contribution in [0.15, 0.2) is 89.9 Å². The van der Waals surface area contributed by atoms with Gasteiger partial charge in [-0.15, -0.1) is 0 Å². The molecule has 0 amide bonds. The maximum Gasteiger partial charge on any atom is 0.222 e. The van der Waals surface area contributed by atoms with Crippen molar-refractivity contribution < 1.29 is 9.47 Å². The number of ether oxygens (including phenoxy) is 2. The molecule has 39 heavy (non-hydrogen) atoms. The van der Waals surface area contributed by atoms with Crippen LogP contribution >= 0.6 is 0 Å². The first-order chi connectivity index (χ1) is 18.9. The Morgan fingerprint density at radius 1 is 0.846 bits per heavy atom. The van der Waals surface area contributed by atoms with Crippen molar-refractivity contribution in [3.63, 3.8) is 0 Å². The summed E-state index contributed by atoms with van der Waals surface area (Å²) in [5, 5.41) is 0. The summed E-state index contributed by atoms with van der Waals surface area (Å²) in [6.07, 6.45) is -0.328. The van der Waals surface area contributed by atoms with Crippen LogP contribution in [-0.4, -0.2) is 40.2 Å². The summed E-state index contributed by atoms with van der Waals surface area (Å²) >= 11 is 0. The number of benzene rings is 4. The van der Waals surface area contributed by atoms with Gasteiger partial charge in [-0.25, -0.2) is 4.99 Å². The fourth-order valence-corrected chi connectivity index (χ4v) is 5.43. The normalized spacial score (nSPS) is 14.2. The summed E-state index contributed by atoms with van der Waals surface area (Å²) < 4.78 is 12.2. The van der Waals surface area contributed by atoms with Gasteiger partial charge in [0.25, 0.3) is 0 Å². The van der Waals surface area contributed by atoms with Crippen molar-refractivity contribution in [2.45, 2.75) is 26.9 Å². The third-order valence-corrected chi connectivity index (χ3v) is 7.50. The average Bonchev–Trinajstić information content (AvgIpc) is 2.98. The lowest BCUT2D eigenvalue weighted by Crippen LogP contribution is -2.21. The van der Waals surface area contributed by atoms with E-state index in [4.69, 9.17) is 14.5 Å². The van der Waals surface area contributed by atoms with E-state index >= 15 is 0 Å². The smallest absolute Gasteiger partial charge is 0.222 e. The average molecular weight is 520 g/mol. The van der Waals surface area contributed by atoms with Gasteiger partial charge in [-0.3, -0.25) is 0 Å². The molecule has 1 unspecified atom stereocenters. The first-order valence-corrected chi connectivity index (χ1v) is 13.6. The molecule has 0 N–H and O–H groups in total. The number of aliphatic imine (C=N–C) groups is 1. The van der Waals surface area contributed by atoms with E-state index in [1.54, 1.807) is 7.11 Å². The summed E-state index contributed by atoms with van der Waals surface area (Å²) in [4.78, 5) is 9.63. The minimum atomic E-state index is -0.328. The Bertz CT molecular complexity index is 1460. The van der Waals surface area contributed by atoms with Crippen LogP contribution in [0.2, 0.25) is 0 Å². The number of anilines is 2. The molecule has 200 valence electrons. The molecule has 0 aliphatic carbocycles. The van der Waals surface area contributed by atoms with Crippen LogP contribution in [0.1, 0.15) is 42.2 Å². The molecule has 0 fully saturated rings. The number of methoxy groups -OCH3 is 1. The Kier molecular flexibility index (Phi) is 7.60. The third-order valence-electron chi connectivity index (χ3n) is 7.50. The molecule has 1 aliphatic heterocycles. The van der Waals surface area contributed by atoms with Crippen molar-refractivity contribution in [3.05, 3.63) is 107 Å². The molecular weight excluding hydrogens is 482 g/mol. The molecule has 0 bridgehead atoms. The quantitative estimate of drug-likeness (QED) is 0.238. The van der Waals surface area contributed by atoms with E-state index in [9.17, 15) is 0 Å². The van der Waals surface area contributed by atoms with Gasteiger partial charge in [-0.05, 0) is 85.5 Å². The van der Waals surface area contributed by atoms with Crippen LogP contribution in [0.4, 0.5) is 17.1 Å². The lowest BCUT2D eigenvalue weighted by atomic mass is 9.86. The number of rotatable bonds is 8. The van der Waals surface area contributed by atoms with Gasteiger partial charge in [0.15, 0.2) is 6.10 Å². The Morgan fingerprint density at radius 3 is 2.10 bits per heavy atom. The van der Waals surface area contributed by atoms with Crippen LogP contribution in [0, 0.1) is 6.92 Å². The number of hydrogen-bond acceptors (Lipinski definition) is 5. The third kappa shape index (κ3) is 5.09. The highest BCUT2D eigenvalue weighted by Crippen LogP contribution is 2.48. The summed E-state index contributed by atoms with van der Waals surface area (Å²) in [5.41, 5.74) is 9.92. The molecule has 1 aliphatic rings. The lowest BCUT2D eigenvalue weighted by Gasteiger charge is -2.32. The van der Waals surface area contributed by atoms with Gasteiger partial charge >= 0.3 is 0 Å². The van der Waals surface area contributed by atoms with Crippen molar-refractivity contribution in [3.8, 4) is 16.9 Å². The van der Waals surface area contributed by atoms with E-state index in [-0.39, 0.29) is 6.10 Å². The predicted octanol–water partition coefficient (Wildman–Crippen LogP) is 7.78. The van der Waals surface area contributed by atoms with Crippen molar-refractivity contribution >= 4 is 23.0 Å². The van der Waals surface area contributed by atoms with E-state index < -0.39 is 0 Å². The summed E-state index contributed by atoms with van der Waals surface area (Å²) in [6, 6.07) is 29.4. The van der Waals surface area contributed by atoms with Gasteiger partial charge in [0.2, 0.25) is 5.90 Å². The van der Waals surface area contributed by atoms with Crippen molar-refractivity contribution in [2.24, 2.45) is 4.99 Å². The second kappa shape index (κ2) is 11.2. The van der Waals surface area contributed by atoms with Gasteiger partial charge in [0.1, 0.15) is 5.75 Å². The van der Waals surface area contributed by atoms with Gasteiger partial charge < -0.3 is 19.3 Å². The van der Waals surface area contributed by atoms with E-state index in [0.29, 0.717) is 5.90 Å². The van der Waals surface area contributed by atoms with E-state index in [0.717, 1.165) is 52.5 Å². The van der Waals surface area contributed by atoms with Crippen LogP contribution in [-0.2, 0) is 4.74 Å². The maximum absolute atomic E-state index is 6.76. The van der Waals surface area contributed by atoms with Crippen molar-refractivity contribution in [1.29, 1.82) is 0 Å². The Labute approximate surface area is 232 Å². The first kappa shape index (κ1) is 26.4. The Morgan fingerprint density at radius 2 is 1.51 bits per heavy atom. The molecule has 5 nitrogen and oxygen atoms in total. The van der Waals surface area contributed by atoms with Crippen LogP contribution in [0.25, 0.3) is 11.1 Å². The molecule has 4 aromatic carbocycles. The first-order valence-electron chi connectivity index (χ1n) is 13.6. The van der Waals surface area contributed by atoms with Crippen LogP contribution in [0.3, 0.4) is 0 Å². The maximum atomic E-state index is 6.76. The number of nitrogens with zero attached hydrogens (tertiary/aromatic N) is 3. The molecule has 0 spiro atoms. The Balaban J connectivity index is 1.76. The zero-order chi connectivity index (χ0) is 27.5. The molecule has 5 rings (SSSR count). The fourth-order valence-electron chi connectivity index (χ4n) is 5.43. The number of hydrogen-bond donors (Lipinski definition) is 0.